The number of rotatable bonds is 6. The van der Waals surface area contributed by atoms with Gasteiger partial charge in [-0.1, -0.05) is 220 Å². The topological polar surface area (TPSA) is 38.7 Å². The van der Waals surface area contributed by atoms with Gasteiger partial charge in [0, 0.05) is 22.1 Å². The Hall–Kier alpha value is -7.75. The van der Waals surface area contributed by atoms with E-state index in [0.717, 1.165) is 22.3 Å². The van der Waals surface area contributed by atoms with E-state index in [1.165, 1.54) is 72.0 Å². The molecule has 12 rings (SSSR count). The smallest absolute Gasteiger partial charge is 0.164 e. The molecule has 0 bridgehead atoms. The molecule has 9 aromatic carbocycles. The maximum absolute atomic E-state index is 5.27. The Balaban J connectivity index is 0.994. The predicted molar refractivity (Wildman–Crippen MR) is 254 cm³/mol. The summed E-state index contributed by atoms with van der Waals surface area (Å²) < 4.78 is 0. The second kappa shape index (κ2) is 13.9. The molecular formula is C59H41N3. The van der Waals surface area contributed by atoms with Crippen LogP contribution >= 0.6 is 0 Å². The van der Waals surface area contributed by atoms with Gasteiger partial charge in [-0.25, -0.2) is 15.0 Å². The average molecular weight is 792 g/mol. The van der Waals surface area contributed by atoms with Crippen molar-refractivity contribution in [3.8, 4) is 67.5 Å². The Labute approximate surface area is 362 Å². The van der Waals surface area contributed by atoms with E-state index in [4.69, 9.17) is 15.0 Å². The number of hydrogen-bond acceptors (Lipinski definition) is 3. The molecule has 0 radical (unpaired) electrons. The van der Waals surface area contributed by atoms with E-state index in [2.05, 4.69) is 208 Å². The van der Waals surface area contributed by atoms with Gasteiger partial charge in [0.1, 0.15) is 0 Å². The lowest BCUT2D eigenvalue weighted by molar-refractivity contribution is 0.666. The van der Waals surface area contributed by atoms with Crippen LogP contribution in [0.5, 0.6) is 0 Å². The van der Waals surface area contributed by atoms with Crippen molar-refractivity contribution >= 4 is 10.8 Å². The molecular weight excluding hydrogens is 751 g/mol. The summed E-state index contributed by atoms with van der Waals surface area (Å²) in [5, 5.41) is 2.57. The van der Waals surface area contributed by atoms with Gasteiger partial charge in [0.2, 0.25) is 0 Å². The number of benzene rings is 9. The minimum Gasteiger partial charge on any atom is -0.208 e. The lowest BCUT2D eigenvalue weighted by Crippen LogP contribution is -2.28. The van der Waals surface area contributed by atoms with Crippen molar-refractivity contribution in [3.63, 3.8) is 0 Å². The Morgan fingerprint density at radius 3 is 1.44 bits per heavy atom. The fraction of sp³-hybridized carbons (Fsp3) is 0.0678. The molecule has 3 nitrogen and oxygen atoms in total. The summed E-state index contributed by atoms with van der Waals surface area (Å²) in [6.07, 6.45) is 0. The van der Waals surface area contributed by atoms with E-state index < -0.39 is 5.41 Å². The summed E-state index contributed by atoms with van der Waals surface area (Å²) in [5.41, 5.74) is 17.4. The molecule has 62 heavy (non-hydrogen) atoms. The van der Waals surface area contributed by atoms with Crippen LogP contribution in [-0.2, 0) is 10.8 Å². The monoisotopic (exact) mass is 791 g/mol. The van der Waals surface area contributed by atoms with Gasteiger partial charge in [-0.2, -0.15) is 0 Å². The van der Waals surface area contributed by atoms with Crippen LogP contribution in [0.4, 0.5) is 0 Å². The highest BCUT2D eigenvalue weighted by Crippen LogP contribution is 2.57. The first-order valence-electron chi connectivity index (χ1n) is 21.4. The molecule has 0 N–H and O–H groups in total. The zero-order valence-corrected chi connectivity index (χ0v) is 34.5. The third-order valence-electron chi connectivity index (χ3n) is 13.4. The highest BCUT2D eigenvalue weighted by molar-refractivity contribution is 6.04. The molecule has 0 amide bonds. The third kappa shape index (κ3) is 5.34. The van der Waals surface area contributed by atoms with Gasteiger partial charge in [0.05, 0.1) is 5.41 Å². The Kier molecular flexibility index (Phi) is 8.10. The molecule has 0 saturated carbocycles. The summed E-state index contributed by atoms with van der Waals surface area (Å²) in [7, 11) is 0. The van der Waals surface area contributed by atoms with Crippen LogP contribution in [0, 0.1) is 0 Å². The second-order valence-corrected chi connectivity index (χ2v) is 17.1. The molecule has 0 aliphatic heterocycles. The largest absolute Gasteiger partial charge is 0.208 e. The maximum Gasteiger partial charge on any atom is 0.164 e. The summed E-state index contributed by atoms with van der Waals surface area (Å²) in [4.78, 5) is 15.6. The standard InChI is InChI=1S/C59H41N3/c1-58(2)51-27-14-12-24-47(51)50-36-35-45-44(25-16-26-49(45)54(50)58)38-29-31-40(32-30-38)56-60-55(39-17-6-3-7-18-39)61-57(62-56)41-33-34-48-46-23-13-15-28-52(46)59(53(48)37-41,42-19-8-4-9-20-42)43-21-10-5-11-22-43/h3-37H,1-2H3. The first-order chi connectivity index (χ1) is 30.5. The fourth-order valence-electron chi connectivity index (χ4n) is 10.6. The van der Waals surface area contributed by atoms with Gasteiger partial charge >= 0.3 is 0 Å². The number of fused-ring (bicyclic) bond motifs is 8. The molecule has 0 saturated heterocycles. The van der Waals surface area contributed by atoms with Gasteiger partial charge < -0.3 is 0 Å². The Morgan fingerprint density at radius 1 is 0.306 bits per heavy atom. The molecule has 10 aromatic rings. The molecule has 1 heterocycles. The quantitative estimate of drug-likeness (QED) is 0.168. The zero-order chi connectivity index (χ0) is 41.4. The number of nitrogens with zero attached hydrogens (tertiary/aromatic N) is 3. The van der Waals surface area contributed by atoms with Crippen molar-refractivity contribution in [1.82, 2.24) is 15.0 Å². The van der Waals surface area contributed by atoms with Crippen LogP contribution in [-0.4, -0.2) is 15.0 Å². The minimum absolute atomic E-state index is 0.0891. The van der Waals surface area contributed by atoms with E-state index in [0.29, 0.717) is 17.5 Å². The van der Waals surface area contributed by atoms with Crippen molar-refractivity contribution in [2.24, 2.45) is 0 Å². The van der Waals surface area contributed by atoms with Crippen molar-refractivity contribution in [2.45, 2.75) is 24.7 Å². The highest BCUT2D eigenvalue weighted by Gasteiger charge is 2.46. The van der Waals surface area contributed by atoms with Gasteiger partial charge in [0.15, 0.2) is 17.5 Å². The average Bonchev–Trinajstić information content (AvgIpc) is 3.77. The van der Waals surface area contributed by atoms with Crippen molar-refractivity contribution in [3.05, 3.63) is 246 Å². The highest BCUT2D eigenvalue weighted by atomic mass is 15.0. The normalized spacial score (nSPS) is 13.9. The first-order valence-corrected chi connectivity index (χ1v) is 21.4. The summed E-state index contributed by atoms with van der Waals surface area (Å²) in [5.74, 6) is 1.91. The molecule has 0 unspecified atom stereocenters. The van der Waals surface area contributed by atoms with Crippen LogP contribution in [0.1, 0.15) is 47.2 Å². The Bertz CT molecular complexity index is 3310. The molecule has 292 valence electrons. The van der Waals surface area contributed by atoms with Crippen molar-refractivity contribution in [2.75, 3.05) is 0 Å². The summed E-state index contributed by atoms with van der Waals surface area (Å²) in [6.45, 7) is 4.71. The molecule has 2 aliphatic rings. The molecule has 2 aliphatic carbocycles. The molecule has 0 fully saturated rings. The first kappa shape index (κ1) is 36.1. The van der Waals surface area contributed by atoms with Crippen molar-refractivity contribution < 1.29 is 0 Å². The van der Waals surface area contributed by atoms with Crippen LogP contribution in [0.25, 0.3) is 78.3 Å². The minimum atomic E-state index is -0.528. The molecule has 1 aromatic heterocycles. The van der Waals surface area contributed by atoms with Crippen molar-refractivity contribution in [1.29, 1.82) is 0 Å². The number of aromatic nitrogens is 3. The maximum atomic E-state index is 5.27. The van der Waals surface area contributed by atoms with Gasteiger partial charge in [0.25, 0.3) is 0 Å². The molecule has 0 spiro atoms. The third-order valence-corrected chi connectivity index (χ3v) is 13.4. The van der Waals surface area contributed by atoms with Gasteiger partial charge in [-0.3, -0.25) is 0 Å². The number of hydrogen-bond donors (Lipinski definition) is 0. The SMILES string of the molecule is CC1(C)c2ccccc2-c2ccc3c(-c4ccc(-c5nc(-c6ccccc6)nc(-c6ccc7c(c6)C(c6ccccc6)(c6ccccc6)c6ccccc6-7)n5)cc4)cccc3c21. The van der Waals surface area contributed by atoms with Gasteiger partial charge in [-0.15, -0.1) is 0 Å². The van der Waals surface area contributed by atoms with E-state index in [-0.39, 0.29) is 5.41 Å². The van der Waals surface area contributed by atoms with E-state index in [9.17, 15) is 0 Å². The summed E-state index contributed by atoms with van der Waals surface area (Å²) in [6, 6.07) is 76.6. The lowest BCUT2D eigenvalue weighted by Gasteiger charge is -2.34. The Morgan fingerprint density at radius 2 is 0.774 bits per heavy atom. The molecule has 0 atom stereocenters. The van der Waals surface area contributed by atoms with E-state index >= 15 is 0 Å². The molecule has 3 heteroatoms. The van der Waals surface area contributed by atoms with Gasteiger partial charge in [-0.05, 0) is 83.6 Å². The van der Waals surface area contributed by atoms with Crippen LogP contribution in [0.15, 0.2) is 212 Å². The van der Waals surface area contributed by atoms with Crippen LogP contribution in [0.3, 0.4) is 0 Å². The lowest BCUT2D eigenvalue weighted by atomic mass is 9.67. The van der Waals surface area contributed by atoms with E-state index in [1.807, 2.05) is 18.2 Å². The second-order valence-electron chi connectivity index (χ2n) is 17.1. The summed E-state index contributed by atoms with van der Waals surface area (Å²) >= 11 is 0. The predicted octanol–water partition coefficient (Wildman–Crippen LogP) is 14.4. The van der Waals surface area contributed by atoms with Crippen LogP contribution in [0.2, 0.25) is 0 Å². The van der Waals surface area contributed by atoms with E-state index in [1.54, 1.807) is 0 Å². The zero-order valence-electron chi connectivity index (χ0n) is 34.5. The van der Waals surface area contributed by atoms with Crippen LogP contribution < -0.4 is 0 Å². The fourth-order valence-corrected chi connectivity index (χ4v) is 10.6.